The molecule has 0 bridgehead atoms. The van der Waals surface area contributed by atoms with Crippen LogP contribution in [0.5, 0.6) is 0 Å². The number of carbonyl (C=O) groups is 1. The van der Waals surface area contributed by atoms with Gasteiger partial charge in [-0.1, -0.05) is 17.4 Å². The number of aryl methyl sites for hydroxylation is 1. The Bertz CT molecular complexity index is 629. The molecule has 3 rings (SSSR count). The van der Waals surface area contributed by atoms with E-state index in [4.69, 9.17) is 4.98 Å². The lowest BCUT2D eigenvalue weighted by atomic mass is 9.96. The summed E-state index contributed by atoms with van der Waals surface area (Å²) in [5, 5.41) is 3.83. The minimum Gasteiger partial charge on any atom is -0.359 e. The topological polar surface area (TPSA) is 45.2 Å². The molecule has 0 radical (unpaired) electrons. The zero-order valence-corrected chi connectivity index (χ0v) is 12.7. The molecule has 0 aliphatic carbocycles. The molecule has 1 fully saturated rings. The summed E-state index contributed by atoms with van der Waals surface area (Å²) >= 11 is 1.75. The molecule has 1 aromatic carbocycles. The number of rotatable bonds is 2. The summed E-state index contributed by atoms with van der Waals surface area (Å²) in [5.41, 5.74) is 2.34. The van der Waals surface area contributed by atoms with Crippen LogP contribution < -0.4 is 10.2 Å². The van der Waals surface area contributed by atoms with Crippen molar-refractivity contribution in [2.24, 2.45) is 5.92 Å². The average molecular weight is 289 g/mol. The second-order valence-electron chi connectivity index (χ2n) is 5.34. The number of carbonyl (C=O) groups excluding carboxylic acids is 1. The van der Waals surface area contributed by atoms with Crippen LogP contribution in [0.1, 0.15) is 18.4 Å². The first-order valence-corrected chi connectivity index (χ1v) is 7.83. The first-order valence-electron chi connectivity index (χ1n) is 7.01. The maximum Gasteiger partial charge on any atom is 0.222 e. The van der Waals surface area contributed by atoms with Gasteiger partial charge in [0.1, 0.15) is 0 Å². The van der Waals surface area contributed by atoms with E-state index in [1.54, 1.807) is 18.4 Å². The SMILES string of the molecule is CNC(=O)C1CCN(c2nc3ccc(C)cc3s2)CC1. The first kappa shape index (κ1) is 13.4. The third-order valence-electron chi connectivity index (χ3n) is 3.92. The molecule has 1 aliphatic heterocycles. The monoisotopic (exact) mass is 289 g/mol. The number of anilines is 1. The van der Waals surface area contributed by atoms with Gasteiger partial charge >= 0.3 is 0 Å². The van der Waals surface area contributed by atoms with Crippen molar-refractivity contribution < 1.29 is 4.79 Å². The maximum atomic E-state index is 11.6. The van der Waals surface area contributed by atoms with E-state index < -0.39 is 0 Å². The molecule has 2 heterocycles. The minimum atomic E-state index is 0.160. The van der Waals surface area contributed by atoms with Gasteiger partial charge in [-0.05, 0) is 37.5 Å². The number of nitrogens with one attached hydrogen (secondary N) is 1. The van der Waals surface area contributed by atoms with Gasteiger partial charge in [-0.3, -0.25) is 4.79 Å². The largest absolute Gasteiger partial charge is 0.359 e. The summed E-state index contributed by atoms with van der Waals surface area (Å²) < 4.78 is 1.24. The summed E-state index contributed by atoms with van der Waals surface area (Å²) in [6, 6.07) is 6.37. The number of amides is 1. The molecular weight excluding hydrogens is 270 g/mol. The van der Waals surface area contributed by atoms with Gasteiger partial charge in [-0.2, -0.15) is 0 Å². The van der Waals surface area contributed by atoms with E-state index in [0.29, 0.717) is 0 Å². The summed E-state index contributed by atoms with van der Waals surface area (Å²) in [7, 11) is 1.71. The van der Waals surface area contributed by atoms with Crippen molar-refractivity contribution >= 4 is 32.6 Å². The molecule has 2 aromatic rings. The Hall–Kier alpha value is -1.62. The fraction of sp³-hybridized carbons (Fsp3) is 0.467. The average Bonchev–Trinajstić information content (AvgIpc) is 2.89. The molecule has 106 valence electrons. The van der Waals surface area contributed by atoms with Crippen molar-refractivity contribution in [1.82, 2.24) is 10.3 Å². The van der Waals surface area contributed by atoms with Crippen molar-refractivity contribution in [1.29, 1.82) is 0 Å². The lowest BCUT2D eigenvalue weighted by molar-refractivity contribution is -0.125. The van der Waals surface area contributed by atoms with Crippen LogP contribution in [0.4, 0.5) is 5.13 Å². The van der Waals surface area contributed by atoms with Gasteiger partial charge in [-0.25, -0.2) is 4.98 Å². The first-order chi connectivity index (χ1) is 9.67. The van der Waals surface area contributed by atoms with Crippen LogP contribution >= 0.6 is 11.3 Å². The third-order valence-corrected chi connectivity index (χ3v) is 4.99. The van der Waals surface area contributed by atoms with E-state index >= 15 is 0 Å². The van der Waals surface area contributed by atoms with Gasteiger partial charge in [0.15, 0.2) is 5.13 Å². The molecule has 4 nitrogen and oxygen atoms in total. The number of fused-ring (bicyclic) bond motifs is 1. The number of piperidine rings is 1. The Kier molecular flexibility index (Phi) is 3.61. The summed E-state index contributed by atoms with van der Waals surface area (Å²) in [5.74, 6) is 0.331. The van der Waals surface area contributed by atoms with Crippen LogP contribution in [0.3, 0.4) is 0 Å². The molecule has 20 heavy (non-hydrogen) atoms. The smallest absolute Gasteiger partial charge is 0.222 e. The summed E-state index contributed by atoms with van der Waals surface area (Å²) in [4.78, 5) is 18.7. The standard InChI is InChI=1S/C15H19N3OS/c1-10-3-4-12-13(9-10)20-15(17-12)18-7-5-11(6-8-18)14(19)16-2/h3-4,9,11H,5-8H2,1-2H3,(H,16,19). The lowest BCUT2D eigenvalue weighted by Crippen LogP contribution is -2.39. The highest BCUT2D eigenvalue weighted by atomic mass is 32.1. The Balaban J connectivity index is 1.75. The normalized spacial score (nSPS) is 16.6. The van der Waals surface area contributed by atoms with E-state index in [1.165, 1.54) is 10.3 Å². The van der Waals surface area contributed by atoms with Crippen molar-refractivity contribution in [3.8, 4) is 0 Å². The van der Waals surface area contributed by atoms with Crippen LogP contribution in [-0.2, 0) is 4.79 Å². The highest BCUT2D eigenvalue weighted by molar-refractivity contribution is 7.22. The molecule has 1 amide bonds. The van der Waals surface area contributed by atoms with E-state index in [-0.39, 0.29) is 11.8 Å². The molecule has 1 N–H and O–H groups in total. The number of aromatic nitrogens is 1. The van der Waals surface area contributed by atoms with E-state index in [9.17, 15) is 4.79 Å². The molecule has 1 aromatic heterocycles. The van der Waals surface area contributed by atoms with Crippen LogP contribution in [0.2, 0.25) is 0 Å². The highest BCUT2D eigenvalue weighted by Gasteiger charge is 2.25. The summed E-state index contributed by atoms with van der Waals surface area (Å²) in [6.45, 7) is 3.93. The van der Waals surface area contributed by atoms with Gasteiger partial charge in [0.2, 0.25) is 5.91 Å². The third kappa shape index (κ3) is 2.50. The van der Waals surface area contributed by atoms with Crippen LogP contribution in [0.15, 0.2) is 18.2 Å². The molecule has 0 saturated carbocycles. The van der Waals surface area contributed by atoms with E-state index in [1.807, 2.05) is 0 Å². The molecule has 0 unspecified atom stereocenters. The van der Waals surface area contributed by atoms with Crippen molar-refractivity contribution in [3.63, 3.8) is 0 Å². The van der Waals surface area contributed by atoms with Crippen molar-refractivity contribution in [3.05, 3.63) is 23.8 Å². The second-order valence-corrected chi connectivity index (χ2v) is 6.35. The van der Waals surface area contributed by atoms with Gasteiger partial charge in [0.05, 0.1) is 10.2 Å². The number of hydrogen-bond donors (Lipinski definition) is 1. The predicted molar refractivity (Wildman–Crippen MR) is 83.4 cm³/mol. The van der Waals surface area contributed by atoms with Crippen molar-refractivity contribution in [2.45, 2.75) is 19.8 Å². The Morgan fingerprint density at radius 3 is 2.85 bits per heavy atom. The van der Waals surface area contributed by atoms with Crippen LogP contribution in [0, 0.1) is 12.8 Å². The molecule has 5 heteroatoms. The Morgan fingerprint density at radius 1 is 1.40 bits per heavy atom. The molecular formula is C15H19N3OS. The fourth-order valence-corrected chi connectivity index (χ4v) is 3.81. The number of nitrogens with zero attached hydrogens (tertiary/aromatic N) is 2. The number of thiazole rings is 1. The van der Waals surface area contributed by atoms with Gasteiger partial charge in [0, 0.05) is 26.1 Å². The number of benzene rings is 1. The van der Waals surface area contributed by atoms with Crippen LogP contribution in [-0.4, -0.2) is 31.0 Å². The quantitative estimate of drug-likeness (QED) is 0.924. The molecule has 0 atom stereocenters. The Labute approximate surface area is 122 Å². The number of hydrogen-bond acceptors (Lipinski definition) is 4. The lowest BCUT2D eigenvalue weighted by Gasteiger charge is -2.30. The van der Waals surface area contributed by atoms with E-state index in [2.05, 4.69) is 35.3 Å². The second kappa shape index (κ2) is 5.40. The molecule has 1 aliphatic rings. The Morgan fingerprint density at radius 2 is 2.15 bits per heavy atom. The zero-order valence-electron chi connectivity index (χ0n) is 11.8. The summed E-state index contributed by atoms with van der Waals surface area (Å²) in [6.07, 6.45) is 1.82. The van der Waals surface area contributed by atoms with Crippen molar-refractivity contribution in [2.75, 3.05) is 25.0 Å². The highest BCUT2D eigenvalue weighted by Crippen LogP contribution is 2.31. The fourth-order valence-electron chi connectivity index (χ4n) is 2.69. The maximum absolute atomic E-state index is 11.6. The van der Waals surface area contributed by atoms with Gasteiger partial charge in [-0.15, -0.1) is 0 Å². The molecule has 1 saturated heterocycles. The van der Waals surface area contributed by atoms with E-state index in [0.717, 1.165) is 36.6 Å². The predicted octanol–water partition coefficient (Wildman–Crippen LogP) is 2.57. The zero-order chi connectivity index (χ0) is 14.1. The molecule has 0 spiro atoms. The van der Waals surface area contributed by atoms with Gasteiger partial charge < -0.3 is 10.2 Å². The van der Waals surface area contributed by atoms with Crippen LogP contribution in [0.25, 0.3) is 10.2 Å². The minimum absolute atomic E-state index is 0.160. The van der Waals surface area contributed by atoms with Gasteiger partial charge in [0.25, 0.3) is 0 Å².